The zero-order chi connectivity index (χ0) is 9.14. The third-order valence-corrected chi connectivity index (χ3v) is 2.60. The second-order valence-electron chi connectivity index (χ2n) is 3.28. The van der Waals surface area contributed by atoms with Gasteiger partial charge in [0.2, 0.25) is 0 Å². The summed E-state index contributed by atoms with van der Waals surface area (Å²) in [7, 11) is 0. The molecule has 0 aromatic heterocycles. The normalized spacial score (nSPS) is 41.6. The van der Waals surface area contributed by atoms with Crippen molar-refractivity contribution in [1.82, 2.24) is 0 Å². The summed E-state index contributed by atoms with van der Waals surface area (Å²) in [6.07, 6.45) is -0.126. The SMILES string of the molecule is O=CCC1C(O)CC(O)C1CO. The topological polar surface area (TPSA) is 77.8 Å². The van der Waals surface area contributed by atoms with Gasteiger partial charge in [-0.25, -0.2) is 0 Å². The van der Waals surface area contributed by atoms with Crippen LogP contribution in [0.5, 0.6) is 0 Å². The molecular weight excluding hydrogens is 160 g/mol. The summed E-state index contributed by atoms with van der Waals surface area (Å²) < 4.78 is 0. The maximum Gasteiger partial charge on any atom is 0.120 e. The molecule has 0 saturated heterocycles. The van der Waals surface area contributed by atoms with Crippen molar-refractivity contribution in [3.05, 3.63) is 0 Å². The predicted octanol–water partition coefficient (Wildman–Crippen LogP) is -1.07. The summed E-state index contributed by atoms with van der Waals surface area (Å²) >= 11 is 0. The molecule has 0 aromatic carbocycles. The Labute approximate surface area is 70.8 Å². The molecule has 0 heterocycles. The number of aliphatic hydroxyl groups excluding tert-OH is 3. The molecule has 0 aliphatic heterocycles. The van der Waals surface area contributed by atoms with E-state index in [1.54, 1.807) is 0 Å². The summed E-state index contributed by atoms with van der Waals surface area (Å²) in [5.74, 6) is -0.618. The molecule has 3 N–H and O–H groups in total. The van der Waals surface area contributed by atoms with Gasteiger partial charge < -0.3 is 20.1 Å². The van der Waals surface area contributed by atoms with Crippen molar-refractivity contribution in [2.24, 2.45) is 11.8 Å². The van der Waals surface area contributed by atoms with Crippen LogP contribution >= 0.6 is 0 Å². The Kier molecular flexibility index (Phi) is 3.20. The maximum absolute atomic E-state index is 10.2. The van der Waals surface area contributed by atoms with Gasteiger partial charge in [-0.15, -0.1) is 0 Å². The van der Waals surface area contributed by atoms with E-state index in [1.807, 2.05) is 0 Å². The van der Waals surface area contributed by atoms with Crippen LogP contribution in [0.25, 0.3) is 0 Å². The van der Waals surface area contributed by atoms with E-state index in [0.717, 1.165) is 0 Å². The Balaban J connectivity index is 2.60. The highest BCUT2D eigenvalue weighted by Gasteiger charge is 2.40. The summed E-state index contributed by atoms with van der Waals surface area (Å²) in [4.78, 5) is 10.2. The van der Waals surface area contributed by atoms with Crippen molar-refractivity contribution in [1.29, 1.82) is 0 Å². The fraction of sp³-hybridized carbons (Fsp3) is 0.875. The number of carbonyl (C=O) groups excluding carboxylic acids is 1. The van der Waals surface area contributed by atoms with Crippen LogP contribution in [0.15, 0.2) is 0 Å². The van der Waals surface area contributed by atoms with E-state index in [1.165, 1.54) is 0 Å². The third-order valence-electron chi connectivity index (χ3n) is 2.60. The molecular formula is C8H14O4. The minimum atomic E-state index is -0.671. The van der Waals surface area contributed by atoms with Gasteiger partial charge in [-0.05, 0) is 12.3 Å². The minimum Gasteiger partial charge on any atom is -0.396 e. The van der Waals surface area contributed by atoms with Gasteiger partial charge in [0, 0.05) is 18.9 Å². The molecule has 0 spiro atoms. The summed E-state index contributed by atoms with van der Waals surface area (Å²) in [6, 6.07) is 0. The van der Waals surface area contributed by atoms with E-state index in [9.17, 15) is 15.0 Å². The lowest BCUT2D eigenvalue weighted by Gasteiger charge is -2.18. The first kappa shape index (κ1) is 9.64. The van der Waals surface area contributed by atoms with Crippen molar-refractivity contribution >= 4 is 6.29 Å². The average Bonchev–Trinajstić information content (AvgIpc) is 2.28. The molecule has 0 amide bonds. The molecule has 1 saturated carbocycles. The van der Waals surface area contributed by atoms with Crippen molar-refractivity contribution < 1.29 is 20.1 Å². The van der Waals surface area contributed by atoms with E-state index in [0.29, 0.717) is 6.29 Å². The van der Waals surface area contributed by atoms with Gasteiger partial charge in [-0.1, -0.05) is 0 Å². The summed E-state index contributed by atoms with van der Waals surface area (Å²) in [6.45, 7) is -0.170. The molecule has 1 fully saturated rings. The molecule has 4 atom stereocenters. The highest BCUT2D eigenvalue weighted by Crippen LogP contribution is 2.33. The Morgan fingerprint density at radius 1 is 1.25 bits per heavy atom. The highest BCUT2D eigenvalue weighted by atomic mass is 16.3. The molecule has 0 bridgehead atoms. The van der Waals surface area contributed by atoms with Gasteiger partial charge in [-0.3, -0.25) is 0 Å². The van der Waals surface area contributed by atoms with E-state index in [2.05, 4.69) is 0 Å². The summed E-state index contributed by atoms with van der Waals surface area (Å²) in [5, 5.41) is 27.5. The lowest BCUT2D eigenvalue weighted by atomic mass is 9.92. The van der Waals surface area contributed by atoms with Crippen LogP contribution in [0, 0.1) is 11.8 Å². The molecule has 4 nitrogen and oxygen atoms in total. The lowest BCUT2D eigenvalue weighted by Crippen LogP contribution is -2.25. The molecule has 0 aromatic rings. The molecule has 4 heteroatoms. The van der Waals surface area contributed by atoms with Gasteiger partial charge in [0.05, 0.1) is 12.2 Å². The number of aliphatic hydroxyl groups is 3. The first-order chi connectivity index (χ1) is 5.70. The lowest BCUT2D eigenvalue weighted by molar-refractivity contribution is -0.109. The van der Waals surface area contributed by atoms with Gasteiger partial charge in [0.15, 0.2) is 0 Å². The largest absolute Gasteiger partial charge is 0.396 e. The van der Waals surface area contributed by atoms with Crippen LogP contribution in [0.2, 0.25) is 0 Å². The van der Waals surface area contributed by atoms with Crippen molar-refractivity contribution in [3.8, 4) is 0 Å². The molecule has 1 aliphatic carbocycles. The monoisotopic (exact) mass is 174 g/mol. The molecule has 1 rings (SSSR count). The molecule has 1 aliphatic rings. The number of aldehydes is 1. The average molecular weight is 174 g/mol. The Bertz CT molecular complexity index is 159. The van der Waals surface area contributed by atoms with Gasteiger partial charge in [0.1, 0.15) is 6.29 Å². The quantitative estimate of drug-likeness (QED) is 0.476. The van der Waals surface area contributed by atoms with Gasteiger partial charge >= 0.3 is 0 Å². The first-order valence-corrected chi connectivity index (χ1v) is 4.11. The Hall–Kier alpha value is -0.450. The standard InChI is InChI=1S/C8H14O4/c9-2-1-5-6(4-10)8(12)3-7(5)11/h2,5-8,10-12H,1,3-4H2. The van der Waals surface area contributed by atoms with Crippen LogP contribution in [-0.2, 0) is 4.79 Å². The zero-order valence-electron chi connectivity index (χ0n) is 6.76. The van der Waals surface area contributed by atoms with Crippen LogP contribution < -0.4 is 0 Å². The zero-order valence-corrected chi connectivity index (χ0v) is 6.76. The van der Waals surface area contributed by atoms with Crippen LogP contribution in [0.1, 0.15) is 12.8 Å². The van der Waals surface area contributed by atoms with Crippen LogP contribution in [0.4, 0.5) is 0 Å². The van der Waals surface area contributed by atoms with Gasteiger partial charge in [0.25, 0.3) is 0 Å². The van der Waals surface area contributed by atoms with Crippen molar-refractivity contribution in [3.63, 3.8) is 0 Å². The fourth-order valence-corrected chi connectivity index (χ4v) is 1.87. The first-order valence-electron chi connectivity index (χ1n) is 4.11. The number of hydrogen-bond donors (Lipinski definition) is 3. The second-order valence-corrected chi connectivity index (χ2v) is 3.28. The fourth-order valence-electron chi connectivity index (χ4n) is 1.87. The second kappa shape index (κ2) is 3.98. The Morgan fingerprint density at radius 3 is 2.33 bits per heavy atom. The van der Waals surface area contributed by atoms with E-state index < -0.39 is 12.2 Å². The van der Waals surface area contributed by atoms with Gasteiger partial charge in [-0.2, -0.15) is 0 Å². The van der Waals surface area contributed by atoms with Crippen LogP contribution in [0.3, 0.4) is 0 Å². The molecule has 0 radical (unpaired) electrons. The predicted molar refractivity (Wildman–Crippen MR) is 41.4 cm³/mol. The smallest absolute Gasteiger partial charge is 0.120 e. The highest BCUT2D eigenvalue weighted by molar-refractivity contribution is 5.50. The summed E-state index contributed by atoms with van der Waals surface area (Å²) in [5.41, 5.74) is 0. The van der Waals surface area contributed by atoms with Crippen molar-refractivity contribution in [2.45, 2.75) is 25.0 Å². The van der Waals surface area contributed by atoms with Crippen molar-refractivity contribution in [2.75, 3.05) is 6.61 Å². The maximum atomic E-state index is 10.2. The number of rotatable bonds is 3. The number of carbonyl (C=O) groups is 1. The van der Waals surface area contributed by atoms with E-state index in [-0.39, 0.29) is 31.3 Å². The van der Waals surface area contributed by atoms with E-state index in [4.69, 9.17) is 5.11 Å². The molecule has 70 valence electrons. The van der Waals surface area contributed by atoms with E-state index >= 15 is 0 Å². The third kappa shape index (κ3) is 1.65. The minimum absolute atomic E-state index is 0.170. The Morgan fingerprint density at radius 2 is 1.83 bits per heavy atom. The number of hydrogen-bond acceptors (Lipinski definition) is 4. The van der Waals surface area contributed by atoms with Crippen LogP contribution in [-0.4, -0.2) is 40.4 Å². The molecule has 12 heavy (non-hydrogen) atoms. The molecule has 4 unspecified atom stereocenters.